The molecule has 0 aliphatic heterocycles. The molecule has 0 aliphatic carbocycles. The number of rotatable bonds is 5. The first kappa shape index (κ1) is 21.0. The minimum atomic E-state index is -1.44. The van der Waals surface area contributed by atoms with Crippen molar-refractivity contribution in [3.63, 3.8) is 0 Å². The SMILES string of the molecule is Cc1ccc(-c2c(C)sc3nc(Cc4ccccc4)n(C(C)(C)C(=O)O)c(=O)c23)cc1. The zero-order valence-electron chi connectivity index (χ0n) is 18.0. The van der Waals surface area contributed by atoms with E-state index in [1.807, 2.05) is 68.4 Å². The Bertz CT molecular complexity index is 1330. The Morgan fingerprint density at radius 3 is 2.32 bits per heavy atom. The molecule has 31 heavy (non-hydrogen) atoms. The lowest BCUT2D eigenvalue weighted by molar-refractivity contribution is -0.146. The highest BCUT2D eigenvalue weighted by Gasteiger charge is 2.34. The molecule has 0 saturated carbocycles. The third-order valence-electron chi connectivity index (χ3n) is 5.60. The Morgan fingerprint density at radius 2 is 1.71 bits per heavy atom. The maximum Gasteiger partial charge on any atom is 0.329 e. The predicted octanol–water partition coefficient (Wildman–Crippen LogP) is 5.15. The van der Waals surface area contributed by atoms with E-state index in [1.54, 1.807) is 13.8 Å². The minimum absolute atomic E-state index is 0.316. The molecule has 6 heteroatoms. The molecule has 0 amide bonds. The van der Waals surface area contributed by atoms with E-state index in [2.05, 4.69) is 0 Å². The van der Waals surface area contributed by atoms with E-state index >= 15 is 0 Å². The van der Waals surface area contributed by atoms with Crippen LogP contribution in [0.5, 0.6) is 0 Å². The zero-order chi connectivity index (χ0) is 22.3. The third kappa shape index (κ3) is 3.68. The number of aryl methyl sites for hydroxylation is 2. The van der Waals surface area contributed by atoms with Gasteiger partial charge in [-0.05, 0) is 38.8 Å². The summed E-state index contributed by atoms with van der Waals surface area (Å²) in [5.41, 5.74) is 2.11. The number of carbonyl (C=O) groups is 1. The van der Waals surface area contributed by atoms with Crippen molar-refractivity contribution in [2.75, 3.05) is 0 Å². The van der Waals surface area contributed by atoms with E-state index in [0.717, 1.165) is 27.1 Å². The van der Waals surface area contributed by atoms with Gasteiger partial charge in [-0.2, -0.15) is 0 Å². The van der Waals surface area contributed by atoms with Crippen LogP contribution in [0.25, 0.3) is 21.3 Å². The van der Waals surface area contributed by atoms with Crippen LogP contribution in [0.3, 0.4) is 0 Å². The lowest BCUT2D eigenvalue weighted by Gasteiger charge is -2.25. The Labute approximate surface area is 184 Å². The largest absolute Gasteiger partial charge is 0.480 e. The van der Waals surface area contributed by atoms with Crippen LogP contribution in [0.15, 0.2) is 59.4 Å². The van der Waals surface area contributed by atoms with E-state index < -0.39 is 11.5 Å². The Morgan fingerprint density at radius 1 is 1.06 bits per heavy atom. The van der Waals surface area contributed by atoms with Gasteiger partial charge >= 0.3 is 5.97 Å². The number of benzene rings is 2. The summed E-state index contributed by atoms with van der Waals surface area (Å²) < 4.78 is 1.36. The van der Waals surface area contributed by atoms with Gasteiger partial charge in [0.2, 0.25) is 0 Å². The molecule has 0 aliphatic rings. The predicted molar refractivity (Wildman–Crippen MR) is 125 cm³/mol. The summed E-state index contributed by atoms with van der Waals surface area (Å²) >= 11 is 1.47. The number of carboxylic acids is 1. The molecular formula is C25H24N2O3S. The highest BCUT2D eigenvalue weighted by atomic mass is 32.1. The van der Waals surface area contributed by atoms with Crippen molar-refractivity contribution in [1.82, 2.24) is 9.55 Å². The quantitative estimate of drug-likeness (QED) is 0.473. The molecule has 5 nitrogen and oxygen atoms in total. The van der Waals surface area contributed by atoms with Crippen molar-refractivity contribution in [3.05, 3.63) is 86.8 Å². The van der Waals surface area contributed by atoms with Crippen molar-refractivity contribution in [2.24, 2.45) is 0 Å². The second-order valence-corrected chi connectivity index (χ2v) is 9.48. The third-order valence-corrected chi connectivity index (χ3v) is 6.60. The van der Waals surface area contributed by atoms with Crippen molar-refractivity contribution in [2.45, 2.75) is 39.7 Å². The number of nitrogens with zero attached hydrogens (tertiary/aromatic N) is 2. The van der Waals surface area contributed by atoms with Gasteiger partial charge < -0.3 is 5.11 Å². The van der Waals surface area contributed by atoms with Crippen LogP contribution >= 0.6 is 11.3 Å². The number of carboxylic acid groups (broad SMARTS) is 1. The summed E-state index contributed by atoms with van der Waals surface area (Å²) in [4.78, 5) is 32.4. The van der Waals surface area contributed by atoms with Crippen molar-refractivity contribution >= 4 is 27.5 Å². The highest BCUT2D eigenvalue weighted by molar-refractivity contribution is 7.19. The van der Waals surface area contributed by atoms with Crippen LogP contribution in [0.4, 0.5) is 0 Å². The van der Waals surface area contributed by atoms with Crippen molar-refractivity contribution in [3.8, 4) is 11.1 Å². The van der Waals surface area contributed by atoms with E-state index in [9.17, 15) is 14.7 Å². The van der Waals surface area contributed by atoms with Gasteiger partial charge in [-0.25, -0.2) is 9.78 Å². The fourth-order valence-corrected chi connectivity index (χ4v) is 4.89. The van der Waals surface area contributed by atoms with Crippen LogP contribution in [-0.2, 0) is 16.8 Å². The fourth-order valence-electron chi connectivity index (χ4n) is 3.84. The number of hydrogen-bond acceptors (Lipinski definition) is 4. The van der Waals surface area contributed by atoms with Crippen LogP contribution in [0, 0.1) is 13.8 Å². The number of thiophene rings is 1. The van der Waals surface area contributed by atoms with Gasteiger partial charge in [0.25, 0.3) is 5.56 Å². The summed E-state index contributed by atoms with van der Waals surface area (Å²) in [6.45, 7) is 7.08. The van der Waals surface area contributed by atoms with Crippen LogP contribution < -0.4 is 5.56 Å². The molecule has 0 saturated heterocycles. The summed E-state index contributed by atoms with van der Waals surface area (Å²) in [5, 5.41) is 10.4. The summed E-state index contributed by atoms with van der Waals surface area (Å²) in [6.07, 6.45) is 0.375. The molecule has 0 unspecified atom stereocenters. The summed E-state index contributed by atoms with van der Waals surface area (Å²) in [5.74, 6) is -0.623. The lowest BCUT2D eigenvalue weighted by Crippen LogP contribution is -2.45. The molecule has 0 fully saturated rings. The van der Waals surface area contributed by atoms with E-state index in [1.165, 1.54) is 15.9 Å². The molecule has 158 valence electrons. The fraction of sp³-hybridized carbons (Fsp3) is 0.240. The standard InChI is InChI=1S/C25H24N2O3S/c1-15-10-12-18(13-11-15)20-16(2)31-22-21(20)23(28)27(25(3,4)24(29)30)19(26-22)14-17-8-6-5-7-9-17/h5-13H,14H2,1-4H3,(H,29,30). The molecule has 0 spiro atoms. The topological polar surface area (TPSA) is 72.2 Å². The van der Waals surface area contributed by atoms with Gasteiger partial charge in [-0.3, -0.25) is 9.36 Å². The number of aromatic nitrogens is 2. The number of hydrogen-bond donors (Lipinski definition) is 1. The zero-order valence-corrected chi connectivity index (χ0v) is 18.8. The van der Waals surface area contributed by atoms with Crippen molar-refractivity contribution in [1.29, 1.82) is 0 Å². The summed E-state index contributed by atoms with van der Waals surface area (Å²) in [7, 11) is 0. The highest BCUT2D eigenvalue weighted by Crippen LogP contribution is 2.36. The maximum absolute atomic E-state index is 13.8. The van der Waals surface area contributed by atoms with E-state index in [0.29, 0.717) is 22.5 Å². The van der Waals surface area contributed by atoms with E-state index in [-0.39, 0.29) is 5.56 Å². The van der Waals surface area contributed by atoms with Gasteiger partial charge in [0, 0.05) is 16.9 Å². The summed E-state index contributed by atoms with van der Waals surface area (Å²) in [6, 6.07) is 17.7. The molecule has 2 heterocycles. The first-order chi connectivity index (χ1) is 14.7. The molecule has 0 bridgehead atoms. The van der Waals surface area contributed by atoms with Crippen LogP contribution in [-0.4, -0.2) is 20.6 Å². The maximum atomic E-state index is 13.8. The molecule has 4 rings (SSSR count). The second kappa shape index (κ2) is 7.78. The Balaban J connectivity index is 2.04. The normalized spacial score (nSPS) is 11.7. The lowest BCUT2D eigenvalue weighted by atomic mass is 10.0. The van der Waals surface area contributed by atoms with Gasteiger partial charge in [0.15, 0.2) is 0 Å². The molecule has 1 N–H and O–H groups in total. The Hall–Kier alpha value is -3.25. The molecule has 0 radical (unpaired) electrons. The van der Waals surface area contributed by atoms with Crippen LogP contribution in [0.1, 0.15) is 35.7 Å². The number of aliphatic carboxylic acids is 1. The first-order valence-electron chi connectivity index (χ1n) is 10.1. The van der Waals surface area contributed by atoms with Gasteiger partial charge in [0.05, 0.1) is 5.39 Å². The first-order valence-corrected chi connectivity index (χ1v) is 10.9. The molecule has 2 aromatic heterocycles. The minimum Gasteiger partial charge on any atom is -0.480 e. The average Bonchev–Trinajstić information content (AvgIpc) is 3.05. The van der Waals surface area contributed by atoms with Gasteiger partial charge in [-0.15, -0.1) is 11.3 Å². The smallest absolute Gasteiger partial charge is 0.329 e. The Kier molecular flexibility index (Phi) is 5.27. The number of fused-ring (bicyclic) bond motifs is 1. The molecule has 4 aromatic rings. The second-order valence-electron chi connectivity index (χ2n) is 8.27. The molecular weight excluding hydrogens is 408 g/mol. The monoisotopic (exact) mass is 432 g/mol. The molecule has 0 atom stereocenters. The van der Waals surface area contributed by atoms with Crippen LogP contribution in [0.2, 0.25) is 0 Å². The van der Waals surface area contributed by atoms with E-state index in [4.69, 9.17) is 4.98 Å². The molecule has 2 aromatic carbocycles. The van der Waals surface area contributed by atoms with Crippen molar-refractivity contribution < 1.29 is 9.90 Å². The van der Waals surface area contributed by atoms with Gasteiger partial charge in [-0.1, -0.05) is 60.2 Å². The van der Waals surface area contributed by atoms with Gasteiger partial charge in [0.1, 0.15) is 16.2 Å². The average molecular weight is 433 g/mol.